The second kappa shape index (κ2) is 4.58. The fraction of sp³-hybridized carbons (Fsp3) is 0.737. The molecule has 0 spiro atoms. The van der Waals surface area contributed by atoms with Gasteiger partial charge in [-0.3, -0.25) is 4.79 Å². The van der Waals surface area contributed by atoms with Crippen LogP contribution < -0.4 is 0 Å². The standard InChI is InChI=1S/C19H26O/c1-2-19-12-11-15-14-6-4-3-5-13(14)7-8-16(15)17(19)9-10-18(19)20/h5,16-17H,2-4,6-12H2,1H3/t16-,17+,19+/m1/s1. The third kappa shape index (κ3) is 1.58. The minimum Gasteiger partial charge on any atom is -0.299 e. The van der Waals surface area contributed by atoms with Crippen LogP contribution in [0.4, 0.5) is 0 Å². The van der Waals surface area contributed by atoms with Crippen molar-refractivity contribution in [3.63, 3.8) is 0 Å². The summed E-state index contributed by atoms with van der Waals surface area (Å²) in [6, 6.07) is 0. The first kappa shape index (κ1) is 12.9. The van der Waals surface area contributed by atoms with Gasteiger partial charge in [0.05, 0.1) is 0 Å². The second-order valence-electron chi connectivity index (χ2n) is 7.35. The summed E-state index contributed by atoms with van der Waals surface area (Å²) < 4.78 is 0. The summed E-state index contributed by atoms with van der Waals surface area (Å²) in [5.74, 6) is 2.03. The lowest BCUT2D eigenvalue weighted by Gasteiger charge is -2.47. The second-order valence-corrected chi connectivity index (χ2v) is 7.35. The Kier molecular flexibility index (Phi) is 2.94. The fourth-order valence-corrected chi connectivity index (χ4v) is 5.87. The average molecular weight is 270 g/mol. The van der Waals surface area contributed by atoms with E-state index in [9.17, 15) is 4.79 Å². The van der Waals surface area contributed by atoms with E-state index >= 15 is 0 Å². The highest BCUT2D eigenvalue weighted by Gasteiger charge is 2.54. The van der Waals surface area contributed by atoms with Gasteiger partial charge in [0, 0.05) is 11.8 Å². The van der Waals surface area contributed by atoms with Gasteiger partial charge in [-0.2, -0.15) is 0 Å². The highest BCUT2D eigenvalue weighted by Crippen LogP contribution is 2.60. The van der Waals surface area contributed by atoms with Crippen molar-refractivity contribution >= 4 is 5.78 Å². The van der Waals surface area contributed by atoms with E-state index in [1.807, 2.05) is 0 Å². The zero-order valence-electron chi connectivity index (χ0n) is 12.7. The number of allylic oxidation sites excluding steroid dienone is 4. The Morgan fingerprint density at radius 1 is 1.20 bits per heavy atom. The van der Waals surface area contributed by atoms with Gasteiger partial charge >= 0.3 is 0 Å². The molecule has 0 aromatic carbocycles. The number of Topliss-reactive ketones (excluding diaryl/α,β-unsaturated/α-hetero) is 1. The molecule has 2 fully saturated rings. The summed E-state index contributed by atoms with van der Waals surface area (Å²) >= 11 is 0. The highest BCUT2D eigenvalue weighted by molar-refractivity contribution is 5.87. The van der Waals surface area contributed by atoms with Crippen molar-refractivity contribution in [2.75, 3.05) is 0 Å². The Hall–Kier alpha value is -0.850. The van der Waals surface area contributed by atoms with Crippen LogP contribution in [0.25, 0.3) is 0 Å². The summed E-state index contributed by atoms with van der Waals surface area (Å²) in [6.07, 6.45) is 14.5. The minimum absolute atomic E-state index is 0.0740. The van der Waals surface area contributed by atoms with Crippen molar-refractivity contribution in [1.29, 1.82) is 0 Å². The maximum atomic E-state index is 12.5. The third-order valence-corrected chi connectivity index (χ3v) is 6.87. The van der Waals surface area contributed by atoms with Gasteiger partial charge in [0.25, 0.3) is 0 Å². The lowest BCUT2D eigenvalue weighted by Crippen LogP contribution is -2.41. The Morgan fingerprint density at radius 3 is 2.95 bits per heavy atom. The van der Waals surface area contributed by atoms with Crippen LogP contribution in [-0.4, -0.2) is 5.78 Å². The van der Waals surface area contributed by atoms with Gasteiger partial charge in [0.2, 0.25) is 0 Å². The zero-order valence-corrected chi connectivity index (χ0v) is 12.7. The monoisotopic (exact) mass is 270 g/mol. The Balaban J connectivity index is 1.76. The lowest BCUT2D eigenvalue weighted by atomic mass is 9.56. The maximum absolute atomic E-state index is 12.5. The first-order valence-corrected chi connectivity index (χ1v) is 8.71. The molecule has 3 atom stereocenters. The van der Waals surface area contributed by atoms with Gasteiger partial charge in [-0.25, -0.2) is 0 Å². The highest BCUT2D eigenvalue weighted by atomic mass is 16.1. The average Bonchev–Trinajstić information content (AvgIpc) is 2.85. The Labute approximate surface area is 122 Å². The zero-order chi connectivity index (χ0) is 13.7. The van der Waals surface area contributed by atoms with Gasteiger partial charge in [0.1, 0.15) is 5.78 Å². The van der Waals surface area contributed by atoms with Crippen LogP contribution in [0.2, 0.25) is 0 Å². The number of carbonyl (C=O) groups is 1. The predicted molar refractivity (Wildman–Crippen MR) is 81.4 cm³/mol. The fourth-order valence-electron chi connectivity index (χ4n) is 5.87. The number of rotatable bonds is 1. The molecule has 1 nitrogen and oxygen atoms in total. The van der Waals surface area contributed by atoms with Crippen LogP contribution >= 0.6 is 0 Å². The van der Waals surface area contributed by atoms with Crippen LogP contribution in [0, 0.1) is 17.3 Å². The van der Waals surface area contributed by atoms with E-state index in [2.05, 4.69) is 13.0 Å². The van der Waals surface area contributed by atoms with Crippen LogP contribution in [0.1, 0.15) is 71.1 Å². The maximum Gasteiger partial charge on any atom is 0.139 e. The molecule has 108 valence electrons. The summed E-state index contributed by atoms with van der Waals surface area (Å²) in [5.41, 5.74) is 5.27. The summed E-state index contributed by atoms with van der Waals surface area (Å²) in [4.78, 5) is 12.5. The van der Waals surface area contributed by atoms with Crippen LogP contribution in [0.3, 0.4) is 0 Å². The van der Waals surface area contributed by atoms with E-state index in [1.165, 1.54) is 44.9 Å². The molecule has 0 saturated heterocycles. The molecule has 0 heterocycles. The SMILES string of the molecule is CC[C@]12CCC3=C4CCCC=C4CC[C@H]3[C@@H]1CCC2=O. The molecule has 0 aromatic rings. The number of hydrogen-bond donors (Lipinski definition) is 0. The third-order valence-electron chi connectivity index (χ3n) is 6.87. The van der Waals surface area contributed by atoms with Gasteiger partial charge < -0.3 is 0 Å². The van der Waals surface area contributed by atoms with E-state index in [1.54, 1.807) is 16.7 Å². The largest absolute Gasteiger partial charge is 0.299 e. The van der Waals surface area contributed by atoms with Gasteiger partial charge in [-0.05, 0) is 80.8 Å². The number of carbonyl (C=O) groups excluding carboxylic acids is 1. The van der Waals surface area contributed by atoms with E-state index in [4.69, 9.17) is 0 Å². The van der Waals surface area contributed by atoms with Gasteiger partial charge in [-0.1, -0.05) is 18.6 Å². The molecular formula is C19H26O. The molecular weight excluding hydrogens is 244 g/mol. The van der Waals surface area contributed by atoms with Crippen LogP contribution in [-0.2, 0) is 4.79 Å². The van der Waals surface area contributed by atoms with Crippen molar-refractivity contribution in [1.82, 2.24) is 0 Å². The van der Waals surface area contributed by atoms with Crippen molar-refractivity contribution in [2.24, 2.45) is 17.3 Å². The molecule has 2 saturated carbocycles. The van der Waals surface area contributed by atoms with Crippen molar-refractivity contribution < 1.29 is 4.79 Å². The quantitative estimate of drug-likeness (QED) is 0.657. The Morgan fingerprint density at radius 2 is 2.10 bits per heavy atom. The minimum atomic E-state index is 0.0740. The normalized spacial score (nSPS) is 40.0. The Bertz CT molecular complexity index is 510. The molecule has 0 N–H and O–H groups in total. The first-order valence-electron chi connectivity index (χ1n) is 8.71. The molecule has 4 rings (SSSR count). The molecule has 4 aliphatic carbocycles. The molecule has 0 bridgehead atoms. The van der Waals surface area contributed by atoms with Gasteiger partial charge in [0.15, 0.2) is 0 Å². The number of fused-ring (bicyclic) bond motifs is 4. The molecule has 4 aliphatic rings. The number of hydrogen-bond acceptors (Lipinski definition) is 1. The molecule has 1 heteroatoms. The summed E-state index contributed by atoms with van der Waals surface area (Å²) in [7, 11) is 0. The van der Waals surface area contributed by atoms with Crippen molar-refractivity contribution in [2.45, 2.75) is 71.1 Å². The molecule has 0 aromatic heterocycles. The van der Waals surface area contributed by atoms with Crippen molar-refractivity contribution in [3.05, 3.63) is 22.8 Å². The molecule has 0 aliphatic heterocycles. The van der Waals surface area contributed by atoms with E-state index in [0.29, 0.717) is 11.7 Å². The van der Waals surface area contributed by atoms with Crippen LogP contribution in [0.5, 0.6) is 0 Å². The lowest BCUT2D eigenvalue weighted by molar-refractivity contribution is -0.129. The number of ketones is 1. The summed E-state index contributed by atoms with van der Waals surface area (Å²) in [5, 5.41) is 0. The molecule has 0 radical (unpaired) electrons. The first-order chi connectivity index (χ1) is 9.76. The molecule has 0 unspecified atom stereocenters. The smallest absolute Gasteiger partial charge is 0.139 e. The topological polar surface area (TPSA) is 17.1 Å². The predicted octanol–water partition coefficient (Wildman–Crippen LogP) is 4.97. The molecule has 0 amide bonds. The van der Waals surface area contributed by atoms with E-state index in [0.717, 1.165) is 25.2 Å². The van der Waals surface area contributed by atoms with E-state index < -0.39 is 0 Å². The van der Waals surface area contributed by atoms with E-state index in [-0.39, 0.29) is 5.41 Å². The summed E-state index contributed by atoms with van der Waals surface area (Å²) in [6.45, 7) is 2.25. The van der Waals surface area contributed by atoms with Crippen molar-refractivity contribution in [3.8, 4) is 0 Å². The molecule has 20 heavy (non-hydrogen) atoms. The van der Waals surface area contributed by atoms with Crippen LogP contribution in [0.15, 0.2) is 22.8 Å². The van der Waals surface area contributed by atoms with Gasteiger partial charge in [-0.15, -0.1) is 0 Å².